The van der Waals surface area contributed by atoms with Gasteiger partial charge in [-0.25, -0.2) is 4.39 Å². The van der Waals surface area contributed by atoms with Crippen LogP contribution in [0.15, 0.2) is 35.6 Å². The second-order valence-electron chi connectivity index (χ2n) is 3.26. The predicted octanol–water partition coefficient (Wildman–Crippen LogP) is 2.26. The largest absolute Gasteiger partial charge is 0.381 e. The van der Waals surface area contributed by atoms with Crippen molar-refractivity contribution in [1.82, 2.24) is 9.97 Å². The molecule has 0 bridgehead atoms. The van der Waals surface area contributed by atoms with Crippen LogP contribution in [-0.2, 0) is 0 Å². The Bertz CT molecular complexity index is 574. The number of hydrogen-bond donors (Lipinski definition) is 1. The number of anilines is 1. The molecule has 0 atom stereocenters. The third-order valence-corrected chi connectivity index (χ3v) is 2.21. The van der Waals surface area contributed by atoms with Gasteiger partial charge >= 0.3 is 6.01 Å². The minimum Gasteiger partial charge on any atom is -0.381 e. The average molecular weight is 267 g/mol. The van der Waals surface area contributed by atoms with Gasteiger partial charge in [-0.05, 0) is 17.7 Å². The summed E-state index contributed by atoms with van der Waals surface area (Å²) in [5.74, 6) is -0.995. The van der Waals surface area contributed by atoms with E-state index in [1.54, 1.807) is 24.3 Å². The summed E-state index contributed by atoms with van der Waals surface area (Å²) < 4.78 is 12.8. The standard InChI is InChI=1S/C11H8ClFN4O/c12-8-3-1-7(2-4-8)5-16-18-11-15-6-9(13)10(14)17-11/h1-6H,(H2,14,15,17). The van der Waals surface area contributed by atoms with E-state index in [0.717, 1.165) is 11.8 Å². The Labute approximate surface area is 107 Å². The maximum absolute atomic E-state index is 12.8. The van der Waals surface area contributed by atoms with Gasteiger partial charge in [0.25, 0.3) is 0 Å². The van der Waals surface area contributed by atoms with Crippen LogP contribution in [0, 0.1) is 5.82 Å². The van der Waals surface area contributed by atoms with Crippen LogP contribution < -0.4 is 10.6 Å². The molecule has 7 heteroatoms. The average Bonchev–Trinajstić information content (AvgIpc) is 2.36. The Hall–Kier alpha value is -2.21. The highest BCUT2D eigenvalue weighted by Crippen LogP contribution is 2.10. The van der Waals surface area contributed by atoms with E-state index in [-0.39, 0.29) is 11.8 Å². The van der Waals surface area contributed by atoms with Gasteiger partial charge in [-0.1, -0.05) is 28.9 Å². The molecular weight excluding hydrogens is 259 g/mol. The molecule has 2 N–H and O–H groups in total. The van der Waals surface area contributed by atoms with E-state index in [2.05, 4.69) is 15.1 Å². The van der Waals surface area contributed by atoms with Crippen molar-refractivity contribution in [3.63, 3.8) is 0 Å². The van der Waals surface area contributed by atoms with Gasteiger partial charge in [0, 0.05) is 5.02 Å². The molecule has 92 valence electrons. The summed E-state index contributed by atoms with van der Waals surface area (Å²) in [6, 6.07) is 6.83. The van der Waals surface area contributed by atoms with Crippen LogP contribution in [0.5, 0.6) is 6.01 Å². The zero-order chi connectivity index (χ0) is 13.0. The number of rotatable bonds is 3. The van der Waals surface area contributed by atoms with Crippen LogP contribution >= 0.6 is 11.6 Å². The van der Waals surface area contributed by atoms with Gasteiger partial charge in [-0.3, -0.25) is 0 Å². The number of benzene rings is 1. The van der Waals surface area contributed by atoms with E-state index in [1.165, 1.54) is 6.21 Å². The first-order valence-electron chi connectivity index (χ1n) is 4.89. The molecule has 0 radical (unpaired) electrons. The summed E-state index contributed by atoms with van der Waals surface area (Å²) in [6.45, 7) is 0. The maximum Gasteiger partial charge on any atom is 0.347 e. The van der Waals surface area contributed by atoms with Crippen molar-refractivity contribution in [2.24, 2.45) is 5.16 Å². The summed E-state index contributed by atoms with van der Waals surface area (Å²) in [5, 5.41) is 4.27. The molecule has 0 amide bonds. The van der Waals surface area contributed by atoms with Gasteiger partial charge in [0.2, 0.25) is 0 Å². The lowest BCUT2D eigenvalue weighted by Crippen LogP contribution is -1.99. The lowest BCUT2D eigenvalue weighted by atomic mass is 10.2. The second-order valence-corrected chi connectivity index (χ2v) is 3.70. The van der Waals surface area contributed by atoms with Crippen LogP contribution in [0.4, 0.5) is 10.2 Å². The van der Waals surface area contributed by atoms with Gasteiger partial charge in [-0.2, -0.15) is 9.97 Å². The van der Waals surface area contributed by atoms with Gasteiger partial charge < -0.3 is 10.6 Å². The van der Waals surface area contributed by atoms with Crippen molar-refractivity contribution in [1.29, 1.82) is 0 Å². The maximum atomic E-state index is 12.8. The smallest absolute Gasteiger partial charge is 0.347 e. The lowest BCUT2D eigenvalue weighted by molar-refractivity contribution is 0.314. The molecular formula is C11H8ClFN4O. The van der Waals surface area contributed by atoms with Crippen LogP contribution in [-0.4, -0.2) is 16.2 Å². The quantitative estimate of drug-likeness (QED) is 0.683. The number of oxime groups is 1. The lowest BCUT2D eigenvalue weighted by Gasteiger charge is -1.98. The fourth-order valence-electron chi connectivity index (χ4n) is 1.09. The molecule has 0 saturated carbocycles. The van der Waals surface area contributed by atoms with Crippen molar-refractivity contribution in [2.75, 3.05) is 5.73 Å². The number of halogens is 2. The zero-order valence-corrected chi connectivity index (χ0v) is 9.80. The van der Waals surface area contributed by atoms with Gasteiger partial charge in [0.1, 0.15) is 0 Å². The Morgan fingerprint density at radius 2 is 2.06 bits per heavy atom. The molecule has 0 saturated heterocycles. The molecule has 1 aromatic heterocycles. The molecule has 1 aromatic carbocycles. The fourth-order valence-corrected chi connectivity index (χ4v) is 1.22. The number of nitrogens with two attached hydrogens (primary N) is 1. The highest BCUT2D eigenvalue weighted by atomic mass is 35.5. The second kappa shape index (κ2) is 5.42. The summed E-state index contributed by atoms with van der Waals surface area (Å²) in [7, 11) is 0. The summed E-state index contributed by atoms with van der Waals surface area (Å²) in [5.41, 5.74) is 6.03. The van der Waals surface area contributed by atoms with Crippen LogP contribution in [0.3, 0.4) is 0 Å². The molecule has 0 aliphatic carbocycles. The van der Waals surface area contributed by atoms with Crippen molar-refractivity contribution in [3.8, 4) is 6.01 Å². The molecule has 0 fully saturated rings. The van der Waals surface area contributed by atoms with Gasteiger partial charge in [0.05, 0.1) is 12.4 Å². The van der Waals surface area contributed by atoms with Gasteiger partial charge in [0.15, 0.2) is 11.6 Å². The molecule has 18 heavy (non-hydrogen) atoms. The fraction of sp³-hybridized carbons (Fsp3) is 0. The molecule has 0 aliphatic heterocycles. The van der Waals surface area contributed by atoms with Crippen molar-refractivity contribution in [3.05, 3.63) is 46.9 Å². The first-order valence-corrected chi connectivity index (χ1v) is 5.27. The normalized spacial score (nSPS) is 10.8. The first-order chi connectivity index (χ1) is 8.65. The van der Waals surface area contributed by atoms with Crippen molar-refractivity contribution >= 4 is 23.6 Å². The van der Waals surface area contributed by atoms with E-state index in [1.807, 2.05) is 0 Å². The molecule has 0 spiro atoms. The Morgan fingerprint density at radius 3 is 2.72 bits per heavy atom. The van der Waals surface area contributed by atoms with Crippen LogP contribution in [0.25, 0.3) is 0 Å². The van der Waals surface area contributed by atoms with E-state index < -0.39 is 5.82 Å². The Kier molecular flexibility index (Phi) is 3.69. The minimum atomic E-state index is -0.705. The van der Waals surface area contributed by atoms with E-state index in [0.29, 0.717) is 5.02 Å². The number of nitrogen functional groups attached to an aromatic ring is 1. The Balaban J connectivity index is 2.02. The first kappa shape index (κ1) is 12.3. The SMILES string of the molecule is Nc1nc(ON=Cc2ccc(Cl)cc2)ncc1F. The summed E-state index contributed by atoms with van der Waals surface area (Å²) in [4.78, 5) is 12.0. The Morgan fingerprint density at radius 1 is 1.33 bits per heavy atom. The molecule has 0 aliphatic rings. The third-order valence-electron chi connectivity index (χ3n) is 1.96. The molecule has 2 aromatic rings. The van der Waals surface area contributed by atoms with E-state index in [9.17, 15) is 4.39 Å². The summed E-state index contributed by atoms with van der Waals surface area (Å²) in [6.07, 6.45) is 2.36. The highest BCUT2D eigenvalue weighted by Gasteiger charge is 2.03. The van der Waals surface area contributed by atoms with E-state index in [4.69, 9.17) is 22.2 Å². The van der Waals surface area contributed by atoms with E-state index >= 15 is 0 Å². The molecule has 0 unspecified atom stereocenters. The predicted molar refractivity (Wildman–Crippen MR) is 66.1 cm³/mol. The summed E-state index contributed by atoms with van der Waals surface area (Å²) >= 11 is 5.73. The number of aromatic nitrogens is 2. The minimum absolute atomic E-state index is 0.126. The monoisotopic (exact) mass is 266 g/mol. The van der Waals surface area contributed by atoms with Gasteiger partial charge in [-0.15, -0.1) is 0 Å². The highest BCUT2D eigenvalue weighted by molar-refractivity contribution is 6.30. The molecule has 2 rings (SSSR count). The zero-order valence-electron chi connectivity index (χ0n) is 9.05. The van der Waals surface area contributed by atoms with Crippen molar-refractivity contribution < 1.29 is 9.23 Å². The third kappa shape index (κ3) is 3.14. The van der Waals surface area contributed by atoms with Crippen molar-refractivity contribution in [2.45, 2.75) is 0 Å². The number of nitrogens with zero attached hydrogens (tertiary/aromatic N) is 3. The van der Waals surface area contributed by atoms with Crippen LogP contribution in [0.2, 0.25) is 5.02 Å². The topological polar surface area (TPSA) is 73.4 Å². The molecule has 5 nitrogen and oxygen atoms in total. The number of hydrogen-bond acceptors (Lipinski definition) is 5. The molecule has 1 heterocycles. The van der Waals surface area contributed by atoms with Crippen LogP contribution in [0.1, 0.15) is 5.56 Å².